The average molecular weight is 156 g/mol. The first-order valence-electron chi connectivity index (χ1n) is 3.61. The van der Waals surface area contributed by atoms with Crippen LogP contribution in [0.15, 0.2) is 22.8 Å². The number of rotatable bonds is 5. The molecule has 0 aliphatic carbocycles. The summed E-state index contributed by atoms with van der Waals surface area (Å²) >= 11 is 0. The van der Waals surface area contributed by atoms with E-state index in [9.17, 15) is 0 Å². The van der Waals surface area contributed by atoms with Crippen molar-refractivity contribution in [2.75, 3.05) is 13.4 Å². The molecule has 11 heavy (non-hydrogen) atoms. The van der Waals surface area contributed by atoms with Crippen LogP contribution in [-0.2, 0) is 16.1 Å². The zero-order valence-electron chi connectivity index (χ0n) is 6.58. The molecule has 1 rings (SSSR count). The lowest BCUT2D eigenvalue weighted by molar-refractivity contribution is -0.0614. The van der Waals surface area contributed by atoms with E-state index in [0.717, 1.165) is 5.76 Å². The molecule has 0 N–H and O–H groups in total. The van der Waals surface area contributed by atoms with Gasteiger partial charge in [-0.2, -0.15) is 0 Å². The topological polar surface area (TPSA) is 31.6 Å². The van der Waals surface area contributed by atoms with Gasteiger partial charge in [0.2, 0.25) is 0 Å². The molecule has 62 valence electrons. The molecule has 3 heteroatoms. The minimum atomic E-state index is 0.331. The molecule has 0 aromatic carbocycles. The van der Waals surface area contributed by atoms with Crippen LogP contribution in [0, 0.1) is 0 Å². The van der Waals surface area contributed by atoms with Gasteiger partial charge in [0.1, 0.15) is 19.2 Å². The number of hydrogen-bond donors (Lipinski definition) is 0. The lowest BCUT2D eigenvalue weighted by atomic mass is 10.5. The van der Waals surface area contributed by atoms with Crippen molar-refractivity contribution >= 4 is 0 Å². The van der Waals surface area contributed by atoms with Crippen LogP contribution in [0.1, 0.15) is 12.7 Å². The van der Waals surface area contributed by atoms with E-state index >= 15 is 0 Å². The SMILES string of the molecule is CCOCOCc1ccco1. The fourth-order valence-corrected chi connectivity index (χ4v) is 0.679. The Morgan fingerprint density at radius 2 is 2.36 bits per heavy atom. The third kappa shape index (κ3) is 3.20. The van der Waals surface area contributed by atoms with Gasteiger partial charge in [-0.05, 0) is 19.1 Å². The zero-order chi connectivity index (χ0) is 7.94. The van der Waals surface area contributed by atoms with E-state index in [4.69, 9.17) is 13.9 Å². The molecule has 0 spiro atoms. The van der Waals surface area contributed by atoms with Crippen molar-refractivity contribution in [3.63, 3.8) is 0 Å². The lowest BCUT2D eigenvalue weighted by Crippen LogP contribution is -1.98. The molecule has 1 aromatic rings. The predicted octanol–water partition coefficient (Wildman–Crippen LogP) is 1.79. The molecular formula is C8H12O3. The molecule has 0 aliphatic heterocycles. The minimum absolute atomic E-state index is 0.331. The van der Waals surface area contributed by atoms with Gasteiger partial charge >= 0.3 is 0 Å². The van der Waals surface area contributed by atoms with E-state index in [1.54, 1.807) is 6.26 Å². The second-order valence-corrected chi connectivity index (χ2v) is 2.04. The molecule has 0 saturated heterocycles. The Bertz CT molecular complexity index is 169. The largest absolute Gasteiger partial charge is 0.467 e. The molecule has 0 fully saturated rings. The molecule has 1 heterocycles. The summed E-state index contributed by atoms with van der Waals surface area (Å²) in [5, 5.41) is 0. The summed E-state index contributed by atoms with van der Waals surface area (Å²) in [6.45, 7) is 3.42. The summed E-state index contributed by atoms with van der Waals surface area (Å²) < 4.78 is 15.1. The van der Waals surface area contributed by atoms with Crippen molar-refractivity contribution < 1.29 is 13.9 Å². The van der Waals surface area contributed by atoms with E-state index in [2.05, 4.69) is 0 Å². The lowest BCUT2D eigenvalue weighted by Gasteiger charge is -2.00. The van der Waals surface area contributed by atoms with Gasteiger partial charge in [0, 0.05) is 6.61 Å². The fourth-order valence-electron chi connectivity index (χ4n) is 0.679. The maximum atomic E-state index is 5.10. The van der Waals surface area contributed by atoms with E-state index < -0.39 is 0 Å². The monoisotopic (exact) mass is 156 g/mol. The van der Waals surface area contributed by atoms with Gasteiger partial charge in [-0.25, -0.2) is 0 Å². The maximum absolute atomic E-state index is 5.10. The smallest absolute Gasteiger partial charge is 0.147 e. The molecule has 0 radical (unpaired) electrons. The van der Waals surface area contributed by atoms with Crippen LogP contribution in [0.3, 0.4) is 0 Å². The van der Waals surface area contributed by atoms with Gasteiger partial charge in [0.05, 0.1) is 6.26 Å². The van der Waals surface area contributed by atoms with E-state index in [1.807, 2.05) is 19.1 Å². The van der Waals surface area contributed by atoms with E-state index in [1.165, 1.54) is 0 Å². The molecule has 0 unspecified atom stereocenters. The number of furan rings is 1. The van der Waals surface area contributed by atoms with Crippen LogP contribution in [0.2, 0.25) is 0 Å². The Morgan fingerprint density at radius 1 is 1.45 bits per heavy atom. The Labute approximate surface area is 65.9 Å². The first-order chi connectivity index (χ1) is 5.43. The molecule has 0 aliphatic rings. The van der Waals surface area contributed by atoms with Crippen LogP contribution >= 0.6 is 0 Å². The van der Waals surface area contributed by atoms with Crippen molar-refractivity contribution in [2.45, 2.75) is 13.5 Å². The highest BCUT2D eigenvalue weighted by Gasteiger charge is 1.93. The summed E-state index contributed by atoms with van der Waals surface area (Å²) in [6.07, 6.45) is 1.62. The second-order valence-electron chi connectivity index (χ2n) is 2.04. The highest BCUT2D eigenvalue weighted by atomic mass is 16.7. The molecular weight excluding hydrogens is 144 g/mol. The standard InChI is InChI=1S/C8H12O3/c1-2-9-7-10-6-8-4-3-5-11-8/h3-5H,2,6-7H2,1H3. The molecule has 0 atom stereocenters. The second kappa shape index (κ2) is 4.93. The van der Waals surface area contributed by atoms with Gasteiger partial charge in [0.15, 0.2) is 0 Å². The number of ether oxygens (including phenoxy) is 2. The Hall–Kier alpha value is -0.800. The van der Waals surface area contributed by atoms with E-state index in [-0.39, 0.29) is 0 Å². The normalized spacial score (nSPS) is 10.3. The third-order valence-corrected chi connectivity index (χ3v) is 1.20. The summed E-state index contributed by atoms with van der Waals surface area (Å²) in [7, 11) is 0. The zero-order valence-corrected chi connectivity index (χ0v) is 6.58. The van der Waals surface area contributed by atoms with Crippen molar-refractivity contribution in [1.29, 1.82) is 0 Å². The van der Waals surface area contributed by atoms with Gasteiger partial charge < -0.3 is 13.9 Å². The molecule has 3 nitrogen and oxygen atoms in total. The van der Waals surface area contributed by atoms with Gasteiger partial charge in [-0.15, -0.1) is 0 Å². The Balaban J connectivity index is 2.04. The summed E-state index contributed by atoms with van der Waals surface area (Å²) in [5.74, 6) is 0.824. The van der Waals surface area contributed by atoms with Crippen LogP contribution < -0.4 is 0 Å². The highest BCUT2D eigenvalue weighted by molar-refractivity contribution is 4.95. The molecule has 0 amide bonds. The highest BCUT2D eigenvalue weighted by Crippen LogP contribution is 2.00. The van der Waals surface area contributed by atoms with Crippen molar-refractivity contribution in [2.24, 2.45) is 0 Å². The quantitative estimate of drug-likeness (QED) is 0.481. The summed E-state index contributed by atoms with van der Waals surface area (Å²) in [6, 6.07) is 3.70. The minimum Gasteiger partial charge on any atom is -0.467 e. The first-order valence-corrected chi connectivity index (χ1v) is 3.61. The van der Waals surface area contributed by atoms with Crippen LogP contribution in [0.5, 0.6) is 0 Å². The summed E-state index contributed by atoms with van der Waals surface area (Å²) in [4.78, 5) is 0. The molecule has 0 saturated carbocycles. The van der Waals surface area contributed by atoms with Gasteiger partial charge in [-0.3, -0.25) is 0 Å². The molecule has 1 aromatic heterocycles. The van der Waals surface area contributed by atoms with Crippen molar-refractivity contribution in [3.8, 4) is 0 Å². The average Bonchev–Trinajstić information content (AvgIpc) is 2.50. The maximum Gasteiger partial charge on any atom is 0.147 e. The first kappa shape index (κ1) is 8.30. The predicted molar refractivity (Wildman–Crippen MR) is 40.0 cm³/mol. The fraction of sp³-hybridized carbons (Fsp3) is 0.500. The van der Waals surface area contributed by atoms with E-state index in [0.29, 0.717) is 20.0 Å². The summed E-state index contributed by atoms with van der Waals surface area (Å²) in [5.41, 5.74) is 0. The van der Waals surface area contributed by atoms with Crippen molar-refractivity contribution in [1.82, 2.24) is 0 Å². The van der Waals surface area contributed by atoms with Gasteiger partial charge in [-0.1, -0.05) is 0 Å². The molecule has 0 bridgehead atoms. The van der Waals surface area contributed by atoms with Crippen LogP contribution in [-0.4, -0.2) is 13.4 Å². The Kier molecular flexibility index (Phi) is 3.72. The van der Waals surface area contributed by atoms with Crippen LogP contribution in [0.25, 0.3) is 0 Å². The Morgan fingerprint density at radius 3 is 3.00 bits per heavy atom. The van der Waals surface area contributed by atoms with Gasteiger partial charge in [0.25, 0.3) is 0 Å². The third-order valence-electron chi connectivity index (χ3n) is 1.20. The van der Waals surface area contributed by atoms with Crippen molar-refractivity contribution in [3.05, 3.63) is 24.2 Å². The number of hydrogen-bond acceptors (Lipinski definition) is 3. The van der Waals surface area contributed by atoms with Crippen LogP contribution in [0.4, 0.5) is 0 Å².